The van der Waals surface area contributed by atoms with Gasteiger partial charge in [-0.05, 0) is 73.0 Å². The molecule has 0 bridgehead atoms. The van der Waals surface area contributed by atoms with Crippen molar-refractivity contribution in [1.29, 1.82) is 0 Å². The summed E-state index contributed by atoms with van der Waals surface area (Å²) in [5.41, 5.74) is 0. The monoisotopic (exact) mass is 278 g/mol. The van der Waals surface area contributed by atoms with E-state index in [9.17, 15) is 0 Å². The molecule has 0 aromatic carbocycles. The Balaban J connectivity index is 2.18. The van der Waals surface area contributed by atoms with Gasteiger partial charge in [0, 0.05) is 0 Å². The highest BCUT2D eigenvalue weighted by Gasteiger charge is 2.41. The molecule has 0 radical (unpaired) electrons. The van der Waals surface area contributed by atoms with E-state index in [0.717, 1.165) is 47.3 Å². The van der Waals surface area contributed by atoms with Crippen molar-refractivity contribution in [2.24, 2.45) is 47.3 Å². The van der Waals surface area contributed by atoms with E-state index in [0.29, 0.717) is 0 Å². The molecule has 2 rings (SSSR count). The Kier molecular flexibility index (Phi) is 5.60. The summed E-state index contributed by atoms with van der Waals surface area (Å²) in [6, 6.07) is 0. The van der Waals surface area contributed by atoms with E-state index in [1.54, 1.807) is 0 Å². The van der Waals surface area contributed by atoms with Crippen molar-refractivity contribution in [3.8, 4) is 0 Å². The molecule has 0 spiro atoms. The quantitative estimate of drug-likeness (QED) is 0.560. The Bertz CT molecular complexity index is 260. The molecule has 0 saturated heterocycles. The van der Waals surface area contributed by atoms with Crippen LogP contribution < -0.4 is 0 Å². The van der Waals surface area contributed by atoms with Gasteiger partial charge in [0.05, 0.1) is 0 Å². The Morgan fingerprint density at radius 1 is 0.600 bits per heavy atom. The first kappa shape index (κ1) is 16.4. The predicted molar refractivity (Wildman–Crippen MR) is 89.7 cm³/mol. The lowest BCUT2D eigenvalue weighted by Gasteiger charge is -2.48. The molecule has 0 nitrogen and oxygen atoms in total. The molecule has 2 aliphatic carbocycles. The summed E-state index contributed by atoms with van der Waals surface area (Å²) in [5.74, 6) is 7.77. The van der Waals surface area contributed by atoms with Gasteiger partial charge in [-0.2, -0.15) is 0 Å². The van der Waals surface area contributed by atoms with Crippen LogP contribution in [0.2, 0.25) is 0 Å². The van der Waals surface area contributed by atoms with Gasteiger partial charge >= 0.3 is 0 Å². The summed E-state index contributed by atoms with van der Waals surface area (Å²) < 4.78 is 0. The Hall–Kier alpha value is 0. The third-order valence-electron chi connectivity index (χ3n) is 6.70. The number of hydrogen-bond acceptors (Lipinski definition) is 0. The van der Waals surface area contributed by atoms with Crippen LogP contribution in [0.25, 0.3) is 0 Å². The zero-order chi connectivity index (χ0) is 14.9. The molecule has 20 heavy (non-hydrogen) atoms. The molecule has 2 saturated carbocycles. The summed E-state index contributed by atoms with van der Waals surface area (Å²) in [4.78, 5) is 0. The van der Waals surface area contributed by atoms with Crippen LogP contribution in [0.5, 0.6) is 0 Å². The van der Waals surface area contributed by atoms with Gasteiger partial charge in [0.15, 0.2) is 0 Å². The highest BCUT2D eigenvalue weighted by atomic mass is 14.5. The minimum absolute atomic E-state index is 0.887. The van der Waals surface area contributed by atoms with E-state index in [1.165, 1.54) is 38.5 Å². The summed E-state index contributed by atoms with van der Waals surface area (Å²) in [7, 11) is 0. The SMILES string of the molecule is CC(C)[C@@H]1CC[C@@H](C)C[C@@H]1[C@@H]1C[C@H](C)CC[C@H]1C(C)C. The van der Waals surface area contributed by atoms with E-state index >= 15 is 0 Å². The second-order valence-electron chi connectivity index (χ2n) is 8.98. The van der Waals surface area contributed by atoms with Gasteiger partial charge in [0.25, 0.3) is 0 Å². The van der Waals surface area contributed by atoms with Gasteiger partial charge in [-0.15, -0.1) is 0 Å². The predicted octanol–water partition coefficient (Wildman–Crippen LogP) is 6.40. The van der Waals surface area contributed by atoms with Crippen molar-refractivity contribution in [2.45, 2.75) is 80.1 Å². The molecule has 118 valence electrons. The summed E-state index contributed by atoms with van der Waals surface area (Å²) in [6.45, 7) is 14.9. The van der Waals surface area contributed by atoms with Crippen LogP contribution in [0.3, 0.4) is 0 Å². The van der Waals surface area contributed by atoms with Crippen LogP contribution >= 0.6 is 0 Å². The third kappa shape index (κ3) is 3.60. The Morgan fingerprint density at radius 3 is 1.25 bits per heavy atom. The smallest absolute Gasteiger partial charge is 0.0350 e. The average Bonchev–Trinajstić information content (AvgIpc) is 2.37. The van der Waals surface area contributed by atoms with Gasteiger partial charge in [0.2, 0.25) is 0 Å². The first-order chi connectivity index (χ1) is 9.40. The maximum absolute atomic E-state index is 2.50. The van der Waals surface area contributed by atoms with Crippen molar-refractivity contribution in [3.05, 3.63) is 0 Å². The van der Waals surface area contributed by atoms with E-state index in [2.05, 4.69) is 41.5 Å². The van der Waals surface area contributed by atoms with Gasteiger partial charge < -0.3 is 0 Å². The maximum atomic E-state index is 2.50. The molecule has 2 aliphatic rings. The van der Waals surface area contributed by atoms with E-state index < -0.39 is 0 Å². The molecule has 0 aliphatic heterocycles. The number of hydrogen-bond donors (Lipinski definition) is 0. The molecular formula is C20H38. The first-order valence-electron chi connectivity index (χ1n) is 9.40. The number of rotatable bonds is 3. The lowest BCUT2D eigenvalue weighted by atomic mass is 9.57. The normalized spacial score (nSPS) is 43.2. The lowest BCUT2D eigenvalue weighted by molar-refractivity contribution is 0.0121. The summed E-state index contributed by atoms with van der Waals surface area (Å²) in [6.07, 6.45) is 8.99. The minimum atomic E-state index is 0.887. The van der Waals surface area contributed by atoms with Crippen LogP contribution in [0, 0.1) is 47.3 Å². The first-order valence-corrected chi connectivity index (χ1v) is 9.40. The standard InChI is InChI=1S/C20H38/c1-13(2)17-9-7-15(5)11-19(17)20-12-16(6)8-10-18(20)14(3)4/h13-20H,7-12H2,1-6H3/t15-,16-,17+,18+,19-,20+/m1/s1. The zero-order valence-corrected chi connectivity index (χ0v) is 14.9. The van der Waals surface area contributed by atoms with Crippen LogP contribution in [0.15, 0.2) is 0 Å². The molecular weight excluding hydrogens is 240 g/mol. The van der Waals surface area contributed by atoms with E-state index in [1.807, 2.05) is 0 Å². The molecule has 2 fully saturated rings. The molecule has 0 aromatic rings. The molecule has 6 atom stereocenters. The van der Waals surface area contributed by atoms with Crippen molar-refractivity contribution < 1.29 is 0 Å². The minimum Gasteiger partial charge on any atom is -0.0625 e. The summed E-state index contributed by atoms with van der Waals surface area (Å²) >= 11 is 0. The summed E-state index contributed by atoms with van der Waals surface area (Å²) in [5, 5.41) is 0. The van der Waals surface area contributed by atoms with E-state index in [4.69, 9.17) is 0 Å². The highest BCUT2D eigenvalue weighted by Crippen LogP contribution is 2.50. The van der Waals surface area contributed by atoms with Gasteiger partial charge in [0.1, 0.15) is 0 Å². The largest absolute Gasteiger partial charge is 0.0625 e. The van der Waals surface area contributed by atoms with E-state index in [-0.39, 0.29) is 0 Å². The zero-order valence-electron chi connectivity index (χ0n) is 14.9. The van der Waals surface area contributed by atoms with Gasteiger partial charge in [-0.1, -0.05) is 54.4 Å². The topological polar surface area (TPSA) is 0 Å². The van der Waals surface area contributed by atoms with Crippen LogP contribution in [0.1, 0.15) is 80.1 Å². The molecule has 0 heterocycles. The van der Waals surface area contributed by atoms with Crippen molar-refractivity contribution >= 4 is 0 Å². The van der Waals surface area contributed by atoms with Crippen molar-refractivity contribution in [2.75, 3.05) is 0 Å². The Labute approximate surface area is 128 Å². The third-order valence-corrected chi connectivity index (χ3v) is 6.70. The Morgan fingerprint density at radius 2 is 0.950 bits per heavy atom. The second-order valence-corrected chi connectivity index (χ2v) is 8.98. The second kappa shape index (κ2) is 6.84. The maximum Gasteiger partial charge on any atom is -0.0350 e. The van der Waals surface area contributed by atoms with Crippen LogP contribution in [0.4, 0.5) is 0 Å². The molecule has 0 aromatic heterocycles. The average molecular weight is 279 g/mol. The van der Waals surface area contributed by atoms with Gasteiger partial charge in [-0.3, -0.25) is 0 Å². The molecule has 0 heteroatoms. The van der Waals surface area contributed by atoms with Gasteiger partial charge in [-0.25, -0.2) is 0 Å². The fourth-order valence-electron chi connectivity index (χ4n) is 5.54. The molecule has 0 unspecified atom stereocenters. The van der Waals surface area contributed by atoms with Crippen molar-refractivity contribution in [1.82, 2.24) is 0 Å². The van der Waals surface area contributed by atoms with Crippen molar-refractivity contribution in [3.63, 3.8) is 0 Å². The molecule has 0 N–H and O–H groups in total. The fourth-order valence-corrected chi connectivity index (χ4v) is 5.54. The fraction of sp³-hybridized carbons (Fsp3) is 1.00. The van der Waals surface area contributed by atoms with Crippen LogP contribution in [-0.4, -0.2) is 0 Å². The molecule has 0 amide bonds. The highest BCUT2D eigenvalue weighted by molar-refractivity contribution is 4.91. The lowest BCUT2D eigenvalue weighted by Crippen LogP contribution is -2.40. The van der Waals surface area contributed by atoms with Crippen LogP contribution in [-0.2, 0) is 0 Å².